The second kappa shape index (κ2) is 12.1. The molecule has 0 radical (unpaired) electrons. The summed E-state index contributed by atoms with van der Waals surface area (Å²) < 4.78 is 25.2. The van der Waals surface area contributed by atoms with Crippen LogP contribution in [-0.4, -0.2) is 25.0 Å². The summed E-state index contributed by atoms with van der Waals surface area (Å²) >= 11 is 12.2. The molecule has 1 aliphatic rings. The van der Waals surface area contributed by atoms with Crippen molar-refractivity contribution in [3.05, 3.63) is 87.2 Å². The summed E-state index contributed by atoms with van der Waals surface area (Å²) in [4.78, 5) is 23.8. The van der Waals surface area contributed by atoms with Crippen LogP contribution in [0.4, 0.5) is 4.39 Å². The van der Waals surface area contributed by atoms with Crippen molar-refractivity contribution in [3.8, 4) is 17.2 Å². The summed E-state index contributed by atoms with van der Waals surface area (Å²) in [5.74, 6) is -1.56. The second-order valence-corrected chi connectivity index (χ2v) is 8.54. The number of fused-ring (bicyclic) bond motifs is 1. The molecule has 0 saturated heterocycles. The number of rotatable bonds is 7. The van der Waals surface area contributed by atoms with Gasteiger partial charge >= 0.3 is 29.6 Å². The molecule has 1 atom stereocenters. The predicted octanol–water partition coefficient (Wildman–Crippen LogP) is 1.52. The smallest absolute Gasteiger partial charge is 0.549 e. The molecule has 3 aromatic rings. The maximum absolute atomic E-state index is 13.8. The van der Waals surface area contributed by atoms with E-state index in [1.807, 2.05) is 0 Å². The van der Waals surface area contributed by atoms with Crippen LogP contribution in [0.25, 0.3) is 0 Å². The van der Waals surface area contributed by atoms with E-state index in [2.05, 4.69) is 5.32 Å². The summed E-state index contributed by atoms with van der Waals surface area (Å²) in [6, 6.07) is 13.7. The van der Waals surface area contributed by atoms with Crippen LogP contribution < -0.4 is 49.5 Å². The molecule has 0 spiro atoms. The Morgan fingerprint density at radius 2 is 1.86 bits per heavy atom. The standard InChI is InChI=1S/C25H20Cl2FNO5.Na/c26-16-3-6-21(28)15(11-16)7-9-29-24(30)14-1-4-17(5-2-14)34-23-13-22-19(12-20(23)27)18(25(31)32)8-10-33-22;/h1-6,11-13,18H,7-10H2,(H,29,30)(H,31,32);/q;+1/p-1. The monoisotopic (exact) mass is 525 g/mol. The zero-order valence-corrected chi connectivity index (χ0v) is 22.3. The Kier molecular flexibility index (Phi) is 9.44. The van der Waals surface area contributed by atoms with Crippen LogP contribution in [0.15, 0.2) is 54.6 Å². The van der Waals surface area contributed by atoms with Gasteiger partial charge in [-0.05, 0) is 66.9 Å². The minimum atomic E-state index is -1.18. The number of carboxylic acids is 1. The normalized spacial score (nSPS) is 14.2. The molecule has 6 nitrogen and oxygen atoms in total. The molecule has 0 aliphatic carbocycles. The fourth-order valence-electron chi connectivity index (χ4n) is 3.66. The van der Waals surface area contributed by atoms with Gasteiger partial charge in [0.2, 0.25) is 0 Å². The third kappa shape index (κ3) is 6.68. The minimum absolute atomic E-state index is 0. The Hall–Kier alpha value is -2.29. The number of benzene rings is 3. The average molecular weight is 526 g/mol. The second-order valence-electron chi connectivity index (χ2n) is 7.70. The zero-order valence-electron chi connectivity index (χ0n) is 18.8. The van der Waals surface area contributed by atoms with Gasteiger partial charge in [0.25, 0.3) is 5.91 Å². The maximum Gasteiger partial charge on any atom is 1.00 e. The third-order valence-corrected chi connectivity index (χ3v) is 5.95. The minimum Gasteiger partial charge on any atom is -0.549 e. The summed E-state index contributed by atoms with van der Waals surface area (Å²) in [5, 5.41) is 14.8. The van der Waals surface area contributed by atoms with E-state index in [1.54, 1.807) is 30.3 Å². The number of halogens is 3. The van der Waals surface area contributed by atoms with E-state index < -0.39 is 11.9 Å². The number of ether oxygens (including phenoxy) is 2. The zero-order chi connectivity index (χ0) is 24.2. The van der Waals surface area contributed by atoms with Gasteiger partial charge in [-0.3, -0.25) is 4.79 Å². The molecule has 1 amide bonds. The number of carboxylic acid groups (broad SMARTS) is 1. The van der Waals surface area contributed by atoms with Crippen molar-refractivity contribution >= 4 is 35.1 Å². The molecule has 176 valence electrons. The molecule has 1 unspecified atom stereocenters. The van der Waals surface area contributed by atoms with Crippen LogP contribution in [0.5, 0.6) is 17.2 Å². The first-order chi connectivity index (χ1) is 16.3. The third-order valence-electron chi connectivity index (χ3n) is 5.42. The molecule has 0 bridgehead atoms. The first-order valence-corrected chi connectivity index (χ1v) is 11.2. The van der Waals surface area contributed by atoms with Gasteiger partial charge in [-0.15, -0.1) is 0 Å². The van der Waals surface area contributed by atoms with Gasteiger partial charge in [0.15, 0.2) is 0 Å². The van der Waals surface area contributed by atoms with Gasteiger partial charge in [-0.2, -0.15) is 0 Å². The SMILES string of the molecule is O=C(NCCc1cc(Cl)ccc1F)c1ccc(Oc2cc3c(cc2Cl)C(C(=O)[O-])CCO3)cc1.[Na+]. The topological polar surface area (TPSA) is 87.7 Å². The Morgan fingerprint density at radius 1 is 1.11 bits per heavy atom. The van der Waals surface area contributed by atoms with Gasteiger partial charge in [0.05, 0.1) is 11.6 Å². The molecule has 10 heteroatoms. The van der Waals surface area contributed by atoms with Crippen LogP contribution in [-0.2, 0) is 11.2 Å². The van der Waals surface area contributed by atoms with Crippen molar-refractivity contribution in [2.24, 2.45) is 0 Å². The summed E-state index contributed by atoms with van der Waals surface area (Å²) in [7, 11) is 0. The van der Waals surface area contributed by atoms with Gasteiger partial charge < -0.3 is 24.7 Å². The molecule has 3 aromatic carbocycles. The summed E-state index contributed by atoms with van der Waals surface area (Å²) in [6.45, 7) is 0.492. The predicted molar refractivity (Wildman–Crippen MR) is 123 cm³/mol. The molecule has 1 aliphatic heterocycles. The Balaban J connectivity index is 0.00000342. The Bertz CT molecular complexity index is 1240. The number of carbonyl (C=O) groups is 2. The number of aliphatic carboxylic acids is 1. The van der Waals surface area contributed by atoms with Gasteiger partial charge in [0.1, 0.15) is 23.1 Å². The van der Waals surface area contributed by atoms with E-state index in [9.17, 15) is 19.1 Å². The molecule has 1 heterocycles. The van der Waals surface area contributed by atoms with Crippen molar-refractivity contribution < 1.29 is 58.1 Å². The molecule has 1 N–H and O–H groups in total. The first-order valence-electron chi connectivity index (χ1n) is 10.5. The number of hydrogen-bond acceptors (Lipinski definition) is 5. The summed E-state index contributed by atoms with van der Waals surface area (Å²) in [6.07, 6.45) is 0.612. The Morgan fingerprint density at radius 3 is 2.57 bits per heavy atom. The van der Waals surface area contributed by atoms with Crippen LogP contribution in [0.1, 0.15) is 33.8 Å². The van der Waals surface area contributed by atoms with Crippen LogP contribution in [0.3, 0.4) is 0 Å². The first kappa shape index (κ1) is 27.3. The molecule has 4 rings (SSSR count). The number of nitrogens with one attached hydrogen (secondary N) is 1. The van der Waals surface area contributed by atoms with Crippen molar-refractivity contribution in [2.45, 2.75) is 18.8 Å². The molecule has 0 saturated carbocycles. The number of amides is 1. The van der Waals surface area contributed by atoms with Crippen molar-refractivity contribution in [1.29, 1.82) is 0 Å². The van der Waals surface area contributed by atoms with Crippen LogP contribution >= 0.6 is 23.2 Å². The summed E-state index contributed by atoms with van der Waals surface area (Å²) in [5.41, 5.74) is 1.28. The fourth-order valence-corrected chi connectivity index (χ4v) is 4.07. The largest absolute Gasteiger partial charge is 1.00 e. The van der Waals surface area contributed by atoms with E-state index in [0.717, 1.165) is 0 Å². The number of carbonyl (C=O) groups excluding carboxylic acids is 2. The van der Waals surface area contributed by atoms with Gasteiger partial charge in [0, 0.05) is 40.6 Å². The fraction of sp³-hybridized carbons (Fsp3) is 0.200. The van der Waals surface area contributed by atoms with Gasteiger partial charge in [-0.25, -0.2) is 4.39 Å². The molecular formula is C25H19Cl2FNNaO5. The van der Waals surface area contributed by atoms with E-state index in [4.69, 9.17) is 32.7 Å². The molecular weight excluding hydrogens is 507 g/mol. The number of hydrogen-bond donors (Lipinski definition) is 1. The average Bonchev–Trinajstić information content (AvgIpc) is 2.81. The maximum atomic E-state index is 13.8. The Labute approximate surface area is 233 Å². The molecule has 0 aromatic heterocycles. The van der Waals surface area contributed by atoms with Gasteiger partial charge in [-0.1, -0.05) is 23.2 Å². The van der Waals surface area contributed by atoms with E-state index in [1.165, 1.54) is 24.3 Å². The quantitative estimate of drug-likeness (QED) is 0.472. The van der Waals surface area contributed by atoms with E-state index in [0.29, 0.717) is 51.8 Å². The van der Waals surface area contributed by atoms with E-state index >= 15 is 0 Å². The van der Waals surface area contributed by atoms with E-state index in [-0.39, 0.29) is 59.5 Å². The molecule has 35 heavy (non-hydrogen) atoms. The van der Waals surface area contributed by atoms with Crippen molar-refractivity contribution in [1.82, 2.24) is 5.32 Å². The van der Waals surface area contributed by atoms with Crippen LogP contribution in [0.2, 0.25) is 10.0 Å². The van der Waals surface area contributed by atoms with Crippen molar-refractivity contribution in [3.63, 3.8) is 0 Å². The van der Waals surface area contributed by atoms with Crippen molar-refractivity contribution in [2.75, 3.05) is 13.2 Å². The molecule has 0 fully saturated rings. The van der Waals surface area contributed by atoms with Crippen LogP contribution in [0, 0.1) is 5.82 Å².